The third kappa shape index (κ3) is 2.50. The molecular weight excluding hydrogens is 334 g/mol. The molecule has 1 aliphatic heterocycles. The molecule has 0 fully saturated rings. The molecule has 1 N–H and O–H groups in total. The summed E-state index contributed by atoms with van der Waals surface area (Å²) in [6, 6.07) is 9.90. The fourth-order valence-corrected chi connectivity index (χ4v) is 3.35. The van der Waals surface area contributed by atoms with Crippen molar-refractivity contribution in [3.63, 3.8) is 0 Å². The van der Waals surface area contributed by atoms with Crippen LogP contribution in [-0.2, 0) is 7.05 Å². The van der Waals surface area contributed by atoms with Gasteiger partial charge in [0.05, 0.1) is 6.04 Å². The third-order valence-electron chi connectivity index (χ3n) is 4.74. The highest BCUT2D eigenvalue weighted by molar-refractivity contribution is 5.60. The van der Waals surface area contributed by atoms with Crippen molar-refractivity contribution in [3.05, 3.63) is 58.5 Å². The first-order valence-corrected chi connectivity index (χ1v) is 8.29. The predicted octanol–water partition coefficient (Wildman–Crippen LogP) is 1.16. The maximum Gasteiger partial charge on any atom is 0.251 e. The lowest BCUT2D eigenvalue weighted by Gasteiger charge is -2.42. The van der Waals surface area contributed by atoms with Crippen LogP contribution in [0.1, 0.15) is 25.5 Å². The molecular formula is C18H19N5O3. The van der Waals surface area contributed by atoms with E-state index in [1.807, 2.05) is 32.0 Å². The Morgan fingerprint density at radius 2 is 2.04 bits per heavy atom. The minimum atomic E-state index is -0.914. The van der Waals surface area contributed by atoms with Crippen molar-refractivity contribution in [2.24, 2.45) is 7.05 Å². The zero-order chi connectivity index (χ0) is 18.5. The summed E-state index contributed by atoms with van der Waals surface area (Å²) >= 11 is 0. The number of pyridine rings is 1. The van der Waals surface area contributed by atoms with E-state index < -0.39 is 17.7 Å². The number of ether oxygens (including phenoxy) is 1. The van der Waals surface area contributed by atoms with Crippen LogP contribution in [0.2, 0.25) is 0 Å². The van der Waals surface area contributed by atoms with E-state index in [0.29, 0.717) is 17.1 Å². The quantitative estimate of drug-likeness (QED) is 0.743. The van der Waals surface area contributed by atoms with Crippen molar-refractivity contribution in [3.8, 4) is 17.1 Å². The molecule has 8 nitrogen and oxygen atoms in total. The summed E-state index contributed by atoms with van der Waals surface area (Å²) < 4.78 is 9.10. The van der Waals surface area contributed by atoms with Crippen molar-refractivity contribution in [1.82, 2.24) is 24.8 Å². The topological polar surface area (TPSA) is 95.1 Å². The Kier molecular flexibility index (Phi) is 3.66. The maximum atomic E-state index is 12.4. The molecule has 26 heavy (non-hydrogen) atoms. The van der Waals surface area contributed by atoms with Crippen LogP contribution in [0.3, 0.4) is 0 Å². The molecule has 0 amide bonds. The monoisotopic (exact) mass is 353 g/mol. The van der Waals surface area contributed by atoms with Crippen LogP contribution < -0.4 is 10.3 Å². The van der Waals surface area contributed by atoms with Gasteiger partial charge < -0.3 is 14.4 Å². The number of hydrogen-bond donors (Lipinski definition) is 1. The van der Waals surface area contributed by atoms with E-state index in [-0.39, 0.29) is 5.56 Å². The number of aliphatic hydroxyl groups is 1. The first kappa shape index (κ1) is 16.5. The SMILES string of the molecule is Cn1nnnc1-c1ccc2c(c1)[C@H](n1ccccc1=O)[C@@H](O)C(C)(C)O2. The van der Waals surface area contributed by atoms with Crippen molar-refractivity contribution >= 4 is 0 Å². The molecule has 0 saturated heterocycles. The van der Waals surface area contributed by atoms with Gasteiger partial charge in [0.15, 0.2) is 5.82 Å². The van der Waals surface area contributed by atoms with Gasteiger partial charge in [-0.05, 0) is 48.5 Å². The number of aromatic nitrogens is 5. The molecule has 1 aromatic carbocycles. The van der Waals surface area contributed by atoms with E-state index in [4.69, 9.17) is 4.74 Å². The van der Waals surface area contributed by atoms with E-state index in [0.717, 1.165) is 5.56 Å². The average Bonchev–Trinajstić information content (AvgIpc) is 3.03. The number of hydrogen-bond acceptors (Lipinski definition) is 6. The summed E-state index contributed by atoms with van der Waals surface area (Å²) in [6.07, 6.45) is 0.765. The lowest BCUT2D eigenvalue weighted by atomic mass is 9.85. The van der Waals surface area contributed by atoms with Crippen molar-refractivity contribution in [2.45, 2.75) is 31.6 Å². The van der Waals surface area contributed by atoms with Crippen LogP contribution in [0.15, 0.2) is 47.4 Å². The van der Waals surface area contributed by atoms with Gasteiger partial charge in [0.25, 0.3) is 5.56 Å². The highest BCUT2D eigenvalue weighted by Crippen LogP contribution is 2.42. The van der Waals surface area contributed by atoms with Crippen molar-refractivity contribution < 1.29 is 9.84 Å². The largest absolute Gasteiger partial charge is 0.485 e. The first-order valence-electron chi connectivity index (χ1n) is 8.29. The van der Waals surface area contributed by atoms with Gasteiger partial charge in [-0.3, -0.25) is 4.79 Å². The highest BCUT2D eigenvalue weighted by Gasteiger charge is 2.44. The summed E-state index contributed by atoms with van der Waals surface area (Å²) in [5, 5.41) is 22.5. The Balaban J connectivity index is 1.94. The molecule has 0 spiro atoms. The molecule has 1 aliphatic rings. The fraction of sp³-hybridized carbons (Fsp3) is 0.333. The van der Waals surface area contributed by atoms with E-state index in [2.05, 4.69) is 15.5 Å². The zero-order valence-corrected chi connectivity index (χ0v) is 14.7. The summed E-state index contributed by atoms with van der Waals surface area (Å²) in [5.41, 5.74) is 0.457. The summed E-state index contributed by atoms with van der Waals surface area (Å²) in [4.78, 5) is 12.4. The third-order valence-corrected chi connectivity index (χ3v) is 4.74. The summed E-state index contributed by atoms with van der Waals surface area (Å²) in [5.74, 6) is 1.21. The zero-order valence-electron chi connectivity index (χ0n) is 14.7. The second-order valence-electron chi connectivity index (χ2n) is 6.92. The number of aliphatic hydroxyl groups excluding tert-OH is 1. The average molecular weight is 353 g/mol. The normalized spacial score (nSPS) is 21.1. The minimum absolute atomic E-state index is 0.189. The van der Waals surface area contributed by atoms with Crippen LogP contribution in [0, 0.1) is 0 Å². The predicted molar refractivity (Wildman–Crippen MR) is 93.8 cm³/mol. The van der Waals surface area contributed by atoms with E-state index in [9.17, 15) is 9.90 Å². The Morgan fingerprint density at radius 3 is 2.73 bits per heavy atom. The summed E-state index contributed by atoms with van der Waals surface area (Å²) in [7, 11) is 1.75. The van der Waals surface area contributed by atoms with Gasteiger partial charge in [0.2, 0.25) is 0 Å². The number of rotatable bonds is 2. The fourth-order valence-electron chi connectivity index (χ4n) is 3.35. The van der Waals surface area contributed by atoms with Crippen molar-refractivity contribution in [1.29, 1.82) is 0 Å². The second-order valence-corrected chi connectivity index (χ2v) is 6.92. The first-order chi connectivity index (χ1) is 12.4. The van der Waals surface area contributed by atoms with Gasteiger partial charge >= 0.3 is 0 Å². The molecule has 0 unspecified atom stereocenters. The lowest BCUT2D eigenvalue weighted by Crippen LogP contribution is -2.52. The van der Waals surface area contributed by atoms with Gasteiger partial charge in [0.1, 0.15) is 17.5 Å². The maximum absolute atomic E-state index is 12.4. The molecule has 0 aliphatic carbocycles. The number of benzene rings is 1. The van der Waals surface area contributed by atoms with Gasteiger partial charge in [-0.2, -0.15) is 0 Å². The molecule has 4 rings (SSSR count). The molecule has 3 aromatic rings. The van der Waals surface area contributed by atoms with Gasteiger partial charge in [-0.25, -0.2) is 4.68 Å². The Labute approximate surface area is 149 Å². The van der Waals surface area contributed by atoms with E-state index in [1.54, 1.807) is 30.1 Å². The van der Waals surface area contributed by atoms with E-state index in [1.165, 1.54) is 10.6 Å². The molecule has 0 saturated carbocycles. The number of fused-ring (bicyclic) bond motifs is 1. The van der Waals surface area contributed by atoms with Gasteiger partial charge in [-0.15, -0.1) is 5.10 Å². The molecule has 2 atom stereocenters. The van der Waals surface area contributed by atoms with Crippen LogP contribution in [0.5, 0.6) is 5.75 Å². The number of tetrazole rings is 1. The smallest absolute Gasteiger partial charge is 0.251 e. The Morgan fingerprint density at radius 1 is 1.23 bits per heavy atom. The number of aryl methyl sites for hydroxylation is 1. The van der Waals surface area contributed by atoms with Gasteiger partial charge in [-0.1, -0.05) is 6.07 Å². The van der Waals surface area contributed by atoms with Crippen LogP contribution in [-0.4, -0.2) is 41.6 Å². The number of nitrogens with zero attached hydrogens (tertiary/aromatic N) is 5. The molecule has 0 bridgehead atoms. The summed E-state index contributed by atoms with van der Waals surface area (Å²) in [6.45, 7) is 3.62. The minimum Gasteiger partial charge on any atom is -0.485 e. The second kappa shape index (κ2) is 5.77. The highest BCUT2D eigenvalue weighted by atomic mass is 16.5. The molecule has 3 heterocycles. The van der Waals surface area contributed by atoms with Gasteiger partial charge in [0, 0.05) is 30.4 Å². The van der Waals surface area contributed by atoms with Crippen LogP contribution >= 0.6 is 0 Å². The standard InChI is InChI=1S/C18H19N5O3/c1-18(2)16(25)15(23-9-5-4-6-14(23)24)12-10-11(7-8-13(12)26-18)17-19-20-21-22(17)3/h4-10,15-16,25H,1-3H3/t15-,16+/m0/s1. The lowest BCUT2D eigenvalue weighted by molar-refractivity contribution is -0.0642. The van der Waals surface area contributed by atoms with Crippen molar-refractivity contribution in [2.75, 3.05) is 0 Å². The van der Waals surface area contributed by atoms with Crippen LogP contribution in [0.25, 0.3) is 11.4 Å². The Hall–Kier alpha value is -3.00. The molecule has 8 heteroatoms. The molecule has 2 aromatic heterocycles. The Bertz CT molecular complexity index is 1020. The molecule has 134 valence electrons. The molecule has 0 radical (unpaired) electrons. The van der Waals surface area contributed by atoms with Crippen LogP contribution in [0.4, 0.5) is 0 Å². The van der Waals surface area contributed by atoms with E-state index >= 15 is 0 Å².